The third-order valence-electron chi connectivity index (χ3n) is 2.26. The van der Waals surface area contributed by atoms with Crippen molar-refractivity contribution in [1.82, 2.24) is 4.72 Å². The summed E-state index contributed by atoms with van der Waals surface area (Å²) >= 11 is 5.81. The molecule has 19 heavy (non-hydrogen) atoms. The summed E-state index contributed by atoms with van der Waals surface area (Å²) < 4.78 is 49.1. The van der Waals surface area contributed by atoms with Crippen LogP contribution in [0.5, 0.6) is 0 Å². The largest absolute Gasteiger partial charge is 0.242 e. The van der Waals surface area contributed by atoms with Crippen LogP contribution in [0.25, 0.3) is 0 Å². The molecular weight excluding hydrogens is 310 g/mol. The van der Waals surface area contributed by atoms with E-state index < -0.39 is 19.9 Å². The van der Waals surface area contributed by atoms with E-state index in [9.17, 15) is 16.8 Å². The predicted molar refractivity (Wildman–Crippen MR) is 74.6 cm³/mol. The summed E-state index contributed by atoms with van der Waals surface area (Å²) in [6.45, 7) is 3.65. The molecule has 0 saturated carbocycles. The van der Waals surface area contributed by atoms with Gasteiger partial charge in [0.05, 0.1) is 9.92 Å². The second kappa shape index (κ2) is 6.04. The average Bonchev–Trinajstić information content (AvgIpc) is 2.27. The summed E-state index contributed by atoms with van der Waals surface area (Å²) in [7, 11) is -7.33. The number of sulfonamides is 1. The van der Waals surface area contributed by atoms with E-state index in [1.165, 1.54) is 12.1 Å². The predicted octanol–water partition coefficient (Wildman–Crippen LogP) is 1.60. The van der Waals surface area contributed by atoms with Gasteiger partial charge in [0.1, 0.15) is 4.90 Å². The summed E-state index contributed by atoms with van der Waals surface area (Å²) in [4.78, 5) is -0.345. The molecule has 8 heteroatoms. The highest BCUT2D eigenvalue weighted by Crippen LogP contribution is 2.24. The van der Waals surface area contributed by atoms with Crippen LogP contribution in [0.15, 0.2) is 40.6 Å². The molecule has 0 amide bonds. The highest BCUT2D eigenvalue weighted by Gasteiger charge is 2.20. The lowest BCUT2D eigenvalue weighted by Gasteiger charge is -2.09. The van der Waals surface area contributed by atoms with Crippen molar-refractivity contribution in [3.05, 3.63) is 35.9 Å². The van der Waals surface area contributed by atoms with Gasteiger partial charge in [-0.3, -0.25) is 0 Å². The topological polar surface area (TPSA) is 80.3 Å². The number of hydrogen-bond acceptors (Lipinski definition) is 4. The molecule has 1 N–H and O–H groups in total. The molecule has 0 atom stereocenters. The van der Waals surface area contributed by atoms with Crippen LogP contribution in [0.3, 0.4) is 0 Å². The van der Waals surface area contributed by atoms with E-state index in [2.05, 4.69) is 11.3 Å². The van der Waals surface area contributed by atoms with E-state index in [0.29, 0.717) is 6.42 Å². The van der Waals surface area contributed by atoms with Crippen molar-refractivity contribution in [3.63, 3.8) is 0 Å². The molecule has 0 aromatic heterocycles. The second-order valence-electron chi connectivity index (χ2n) is 3.84. The lowest BCUT2D eigenvalue weighted by Crippen LogP contribution is -2.25. The highest BCUT2D eigenvalue weighted by atomic mass is 35.5. The first-order valence-electron chi connectivity index (χ1n) is 5.28. The minimum absolute atomic E-state index is 0.0292. The molecule has 1 rings (SSSR count). The number of sulfone groups is 1. The van der Waals surface area contributed by atoms with E-state index in [1.54, 1.807) is 6.08 Å². The average molecular weight is 324 g/mol. The smallest absolute Gasteiger partial charge is 0.224 e. The van der Waals surface area contributed by atoms with E-state index in [4.69, 9.17) is 11.6 Å². The SMILES string of the molecule is C=CCCNS(=O)(=O)c1cc(S(C)(=O)=O)ccc1Cl. The monoisotopic (exact) mass is 323 g/mol. The van der Waals surface area contributed by atoms with Crippen molar-refractivity contribution in [2.75, 3.05) is 12.8 Å². The summed E-state index contributed by atoms with van der Waals surface area (Å²) in [5, 5.41) is -0.0292. The van der Waals surface area contributed by atoms with Crippen LogP contribution < -0.4 is 4.72 Å². The highest BCUT2D eigenvalue weighted by molar-refractivity contribution is 7.91. The molecule has 0 fully saturated rings. The summed E-state index contributed by atoms with van der Waals surface area (Å²) in [6, 6.07) is 3.56. The van der Waals surface area contributed by atoms with E-state index >= 15 is 0 Å². The fourth-order valence-corrected chi connectivity index (χ4v) is 3.59. The molecule has 0 aliphatic carbocycles. The van der Waals surface area contributed by atoms with Crippen LogP contribution in [-0.4, -0.2) is 29.6 Å². The van der Waals surface area contributed by atoms with Gasteiger partial charge in [0, 0.05) is 12.8 Å². The number of halogens is 1. The van der Waals surface area contributed by atoms with Crippen LogP contribution in [-0.2, 0) is 19.9 Å². The number of nitrogens with one attached hydrogen (secondary N) is 1. The molecule has 1 aromatic rings. The van der Waals surface area contributed by atoms with Gasteiger partial charge < -0.3 is 0 Å². The molecule has 0 aliphatic heterocycles. The fraction of sp³-hybridized carbons (Fsp3) is 0.273. The Kier molecular flexibility index (Phi) is 5.14. The van der Waals surface area contributed by atoms with E-state index in [1.807, 2.05) is 0 Å². The van der Waals surface area contributed by atoms with Crippen LogP contribution in [0.2, 0.25) is 5.02 Å². The van der Waals surface area contributed by atoms with Crippen LogP contribution in [0.4, 0.5) is 0 Å². The Morgan fingerprint density at radius 1 is 1.32 bits per heavy atom. The Balaban J connectivity index is 3.22. The first-order chi connectivity index (χ1) is 8.68. The third-order valence-corrected chi connectivity index (χ3v) is 5.31. The fourth-order valence-electron chi connectivity index (χ4n) is 1.29. The van der Waals surface area contributed by atoms with Crippen LogP contribution >= 0.6 is 11.6 Å². The Labute approximate surface area is 118 Å². The zero-order chi connectivity index (χ0) is 14.7. The Bertz CT molecular complexity index is 681. The summed E-state index contributed by atoms with van der Waals surface area (Å²) in [5.74, 6) is 0. The van der Waals surface area contributed by atoms with Gasteiger partial charge in [0.15, 0.2) is 9.84 Å². The molecule has 0 heterocycles. The quantitative estimate of drug-likeness (QED) is 0.637. The molecule has 0 saturated heterocycles. The van der Waals surface area contributed by atoms with Gasteiger partial charge >= 0.3 is 0 Å². The summed E-state index contributed by atoms with van der Waals surface area (Å²) in [5.41, 5.74) is 0. The molecule has 0 aliphatic rings. The van der Waals surface area contributed by atoms with Gasteiger partial charge in [-0.25, -0.2) is 21.6 Å². The van der Waals surface area contributed by atoms with Crippen LogP contribution in [0, 0.1) is 0 Å². The van der Waals surface area contributed by atoms with Gasteiger partial charge in [0.2, 0.25) is 10.0 Å². The second-order valence-corrected chi connectivity index (χ2v) is 8.00. The third kappa shape index (κ3) is 4.31. The first-order valence-corrected chi connectivity index (χ1v) is 9.04. The molecule has 0 spiro atoms. The maximum absolute atomic E-state index is 12.0. The van der Waals surface area contributed by atoms with Crippen molar-refractivity contribution in [2.45, 2.75) is 16.2 Å². The zero-order valence-corrected chi connectivity index (χ0v) is 12.6. The number of hydrogen-bond donors (Lipinski definition) is 1. The zero-order valence-electron chi connectivity index (χ0n) is 10.3. The molecule has 5 nitrogen and oxygen atoms in total. The van der Waals surface area contributed by atoms with Gasteiger partial charge in [-0.05, 0) is 24.6 Å². The maximum Gasteiger partial charge on any atom is 0.242 e. The Morgan fingerprint density at radius 2 is 1.95 bits per heavy atom. The molecular formula is C11H14ClNO4S2. The molecule has 1 aromatic carbocycles. The molecule has 0 unspecified atom stereocenters. The van der Waals surface area contributed by atoms with Gasteiger partial charge in [-0.1, -0.05) is 17.7 Å². The number of rotatable bonds is 6. The minimum Gasteiger partial charge on any atom is -0.224 e. The van der Waals surface area contributed by atoms with Crippen molar-refractivity contribution in [3.8, 4) is 0 Å². The molecule has 0 bridgehead atoms. The lowest BCUT2D eigenvalue weighted by molar-refractivity contribution is 0.582. The van der Waals surface area contributed by atoms with Crippen molar-refractivity contribution < 1.29 is 16.8 Å². The van der Waals surface area contributed by atoms with Gasteiger partial charge in [-0.2, -0.15) is 0 Å². The van der Waals surface area contributed by atoms with Gasteiger partial charge in [-0.15, -0.1) is 6.58 Å². The van der Waals surface area contributed by atoms with Crippen molar-refractivity contribution in [1.29, 1.82) is 0 Å². The standard InChI is InChI=1S/C11H14ClNO4S2/c1-3-4-7-13-19(16,17)11-8-9(18(2,14)15)5-6-10(11)12/h3,5-6,8,13H,1,4,7H2,2H3. The Hall–Kier alpha value is -0.890. The lowest BCUT2D eigenvalue weighted by atomic mass is 10.4. The van der Waals surface area contributed by atoms with Crippen LogP contribution in [0.1, 0.15) is 6.42 Å². The van der Waals surface area contributed by atoms with Crippen molar-refractivity contribution in [2.24, 2.45) is 0 Å². The van der Waals surface area contributed by atoms with E-state index in [-0.39, 0.29) is 21.4 Å². The molecule has 0 radical (unpaired) electrons. The minimum atomic E-state index is -3.84. The number of benzene rings is 1. The summed E-state index contributed by atoms with van der Waals surface area (Å²) in [6.07, 6.45) is 3.03. The first kappa shape index (κ1) is 16.2. The maximum atomic E-state index is 12.0. The Morgan fingerprint density at radius 3 is 2.47 bits per heavy atom. The van der Waals surface area contributed by atoms with Gasteiger partial charge in [0.25, 0.3) is 0 Å². The van der Waals surface area contributed by atoms with E-state index in [0.717, 1.165) is 12.3 Å². The normalized spacial score (nSPS) is 12.3. The van der Waals surface area contributed by atoms with Crippen molar-refractivity contribution >= 4 is 31.5 Å². The molecule has 106 valence electrons.